The molecule has 21 heavy (non-hydrogen) atoms. The molecule has 0 saturated carbocycles. The molecule has 0 radical (unpaired) electrons. The van der Waals surface area contributed by atoms with Gasteiger partial charge in [-0.1, -0.05) is 6.07 Å². The van der Waals surface area contributed by atoms with Gasteiger partial charge in [0, 0.05) is 25.0 Å². The minimum absolute atomic E-state index is 0.197. The first-order valence-corrected chi connectivity index (χ1v) is 8.34. The highest BCUT2D eigenvalue weighted by molar-refractivity contribution is 7.12. The van der Waals surface area contributed by atoms with Crippen molar-refractivity contribution in [1.29, 1.82) is 0 Å². The molecule has 0 spiro atoms. The number of rotatable bonds is 3. The first-order chi connectivity index (χ1) is 10.2. The first-order valence-electron chi connectivity index (χ1n) is 7.46. The van der Waals surface area contributed by atoms with Crippen molar-refractivity contribution in [2.24, 2.45) is 5.92 Å². The predicted octanol–water partition coefficient (Wildman–Crippen LogP) is 3.55. The lowest BCUT2D eigenvalue weighted by atomic mass is 9.90. The number of pyridine rings is 1. The fraction of sp³-hybridized carbons (Fsp3) is 0.412. The van der Waals surface area contributed by atoms with Gasteiger partial charge in [0.1, 0.15) is 0 Å². The second kappa shape index (κ2) is 6.39. The standard InChI is InChI=1S/C17H20N2OS/c1-13-11-15(4-7-18-13)12-14-5-8-19(9-6-14)17(20)16-3-2-10-21-16/h2-4,7,10-11,14H,5-6,8-9,12H2,1H3. The Hall–Kier alpha value is -1.68. The highest BCUT2D eigenvalue weighted by atomic mass is 32.1. The molecule has 1 amide bonds. The van der Waals surface area contributed by atoms with Crippen LogP contribution in [-0.4, -0.2) is 28.9 Å². The molecule has 0 atom stereocenters. The van der Waals surface area contributed by atoms with Gasteiger partial charge in [0.25, 0.3) is 5.91 Å². The molecule has 1 aliphatic rings. The molecule has 0 bridgehead atoms. The van der Waals surface area contributed by atoms with E-state index in [9.17, 15) is 4.79 Å². The zero-order valence-corrected chi connectivity index (χ0v) is 13.1. The SMILES string of the molecule is Cc1cc(CC2CCN(C(=O)c3cccs3)CC2)ccn1. The van der Waals surface area contributed by atoms with E-state index in [1.807, 2.05) is 35.5 Å². The molecular weight excluding hydrogens is 280 g/mol. The number of likely N-dealkylation sites (tertiary alicyclic amines) is 1. The van der Waals surface area contributed by atoms with Crippen molar-refractivity contribution < 1.29 is 4.79 Å². The lowest BCUT2D eigenvalue weighted by molar-refractivity contribution is 0.0695. The van der Waals surface area contributed by atoms with Crippen LogP contribution in [0.25, 0.3) is 0 Å². The number of aromatic nitrogens is 1. The van der Waals surface area contributed by atoms with Crippen molar-refractivity contribution in [2.45, 2.75) is 26.2 Å². The molecule has 2 aromatic rings. The third kappa shape index (κ3) is 3.50. The van der Waals surface area contributed by atoms with Crippen LogP contribution in [0.1, 0.15) is 33.8 Å². The molecule has 0 aromatic carbocycles. The molecule has 0 N–H and O–H groups in total. The molecule has 0 aliphatic carbocycles. The Labute approximate surface area is 129 Å². The van der Waals surface area contributed by atoms with Gasteiger partial charge in [-0.05, 0) is 61.2 Å². The average molecular weight is 300 g/mol. The number of hydrogen-bond acceptors (Lipinski definition) is 3. The molecule has 3 heterocycles. The summed E-state index contributed by atoms with van der Waals surface area (Å²) in [5, 5.41) is 1.96. The summed E-state index contributed by atoms with van der Waals surface area (Å²) in [5.74, 6) is 0.877. The Bertz CT molecular complexity index is 601. The molecule has 1 saturated heterocycles. The minimum atomic E-state index is 0.197. The van der Waals surface area contributed by atoms with Gasteiger partial charge >= 0.3 is 0 Å². The van der Waals surface area contributed by atoms with Gasteiger partial charge in [-0.25, -0.2) is 0 Å². The number of thiophene rings is 1. The van der Waals surface area contributed by atoms with Crippen molar-refractivity contribution >= 4 is 17.2 Å². The van der Waals surface area contributed by atoms with E-state index >= 15 is 0 Å². The van der Waals surface area contributed by atoms with E-state index in [4.69, 9.17) is 0 Å². The summed E-state index contributed by atoms with van der Waals surface area (Å²) in [6, 6.07) is 8.13. The molecular formula is C17H20N2OS. The van der Waals surface area contributed by atoms with Gasteiger partial charge in [0.15, 0.2) is 0 Å². The highest BCUT2D eigenvalue weighted by Gasteiger charge is 2.24. The van der Waals surface area contributed by atoms with Crippen LogP contribution >= 0.6 is 11.3 Å². The molecule has 3 rings (SSSR count). The van der Waals surface area contributed by atoms with Gasteiger partial charge in [0.2, 0.25) is 0 Å². The maximum atomic E-state index is 12.3. The van der Waals surface area contributed by atoms with Crippen LogP contribution in [0.15, 0.2) is 35.8 Å². The number of aryl methyl sites for hydroxylation is 1. The maximum Gasteiger partial charge on any atom is 0.263 e. The molecule has 4 heteroatoms. The van der Waals surface area contributed by atoms with Crippen LogP contribution < -0.4 is 0 Å². The molecule has 3 nitrogen and oxygen atoms in total. The summed E-state index contributed by atoms with van der Waals surface area (Å²) in [4.78, 5) is 19.4. The van der Waals surface area contributed by atoms with Gasteiger partial charge < -0.3 is 4.90 Å². The Morgan fingerprint density at radius 1 is 1.38 bits per heavy atom. The molecule has 1 fully saturated rings. The summed E-state index contributed by atoms with van der Waals surface area (Å²) >= 11 is 1.53. The monoisotopic (exact) mass is 300 g/mol. The zero-order valence-electron chi connectivity index (χ0n) is 12.3. The number of amides is 1. The van der Waals surface area contributed by atoms with Gasteiger partial charge in [0.05, 0.1) is 4.88 Å². The lowest BCUT2D eigenvalue weighted by Crippen LogP contribution is -2.38. The van der Waals surface area contributed by atoms with Crippen LogP contribution in [-0.2, 0) is 6.42 Å². The smallest absolute Gasteiger partial charge is 0.263 e. The van der Waals surface area contributed by atoms with Crippen molar-refractivity contribution in [3.63, 3.8) is 0 Å². The van der Waals surface area contributed by atoms with E-state index in [0.717, 1.165) is 42.9 Å². The van der Waals surface area contributed by atoms with E-state index in [-0.39, 0.29) is 5.91 Å². The number of nitrogens with zero attached hydrogens (tertiary/aromatic N) is 2. The number of piperidine rings is 1. The predicted molar refractivity (Wildman–Crippen MR) is 85.6 cm³/mol. The molecule has 2 aromatic heterocycles. The Balaban J connectivity index is 1.54. The minimum Gasteiger partial charge on any atom is -0.338 e. The molecule has 0 unspecified atom stereocenters. The van der Waals surface area contributed by atoms with E-state index in [0.29, 0.717) is 5.92 Å². The van der Waals surface area contributed by atoms with Crippen LogP contribution in [0.4, 0.5) is 0 Å². The number of hydrogen-bond donors (Lipinski definition) is 0. The first kappa shape index (κ1) is 14.3. The van der Waals surface area contributed by atoms with Gasteiger partial charge in [-0.3, -0.25) is 9.78 Å². The van der Waals surface area contributed by atoms with Crippen LogP contribution in [0, 0.1) is 12.8 Å². The quantitative estimate of drug-likeness (QED) is 0.868. The summed E-state index contributed by atoms with van der Waals surface area (Å²) in [7, 11) is 0. The Kier molecular flexibility index (Phi) is 4.34. The largest absolute Gasteiger partial charge is 0.338 e. The fourth-order valence-electron chi connectivity index (χ4n) is 2.96. The summed E-state index contributed by atoms with van der Waals surface area (Å²) < 4.78 is 0. The average Bonchev–Trinajstić information content (AvgIpc) is 3.01. The topological polar surface area (TPSA) is 33.2 Å². The van der Waals surface area contributed by atoms with E-state index < -0.39 is 0 Å². The maximum absolute atomic E-state index is 12.3. The van der Waals surface area contributed by atoms with Crippen LogP contribution in [0.3, 0.4) is 0 Å². The second-order valence-electron chi connectivity index (χ2n) is 5.72. The van der Waals surface area contributed by atoms with Crippen molar-refractivity contribution in [1.82, 2.24) is 9.88 Å². The van der Waals surface area contributed by atoms with Crippen molar-refractivity contribution in [2.75, 3.05) is 13.1 Å². The lowest BCUT2D eigenvalue weighted by Gasteiger charge is -2.31. The Morgan fingerprint density at radius 2 is 2.19 bits per heavy atom. The number of carbonyl (C=O) groups excluding carboxylic acids is 1. The number of carbonyl (C=O) groups is 1. The zero-order chi connectivity index (χ0) is 14.7. The Morgan fingerprint density at radius 3 is 2.86 bits per heavy atom. The van der Waals surface area contributed by atoms with Crippen molar-refractivity contribution in [3.8, 4) is 0 Å². The van der Waals surface area contributed by atoms with Gasteiger partial charge in [-0.2, -0.15) is 0 Å². The van der Waals surface area contributed by atoms with Crippen LogP contribution in [0.5, 0.6) is 0 Å². The van der Waals surface area contributed by atoms with E-state index in [1.165, 1.54) is 16.9 Å². The normalized spacial score (nSPS) is 16.1. The third-order valence-corrected chi connectivity index (χ3v) is 4.98. The van der Waals surface area contributed by atoms with Crippen molar-refractivity contribution in [3.05, 3.63) is 52.0 Å². The second-order valence-corrected chi connectivity index (χ2v) is 6.67. The summed E-state index contributed by atoms with van der Waals surface area (Å²) in [6.45, 7) is 3.79. The molecule has 110 valence electrons. The van der Waals surface area contributed by atoms with Crippen LogP contribution in [0.2, 0.25) is 0 Å². The summed E-state index contributed by atoms with van der Waals surface area (Å²) in [5.41, 5.74) is 2.45. The van der Waals surface area contributed by atoms with Gasteiger partial charge in [-0.15, -0.1) is 11.3 Å². The van der Waals surface area contributed by atoms with E-state index in [2.05, 4.69) is 17.1 Å². The molecule has 1 aliphatic heterocycles. The third-order valence-electron chi connectivity index (χ3n) is 4.12. The highest BCUT2D eigenvalue weighted by Crippen LogP contribution is 2.23. The van der Waals surface area contributed by atoms with E-state index in [1.54, 1.807) is 0 Å². The fourth-order valence-corrected chi connectivity index (χ4v) is 3.65. The summed E-state index contributed by atoms with van der Waals surface area (Å²) in [6.07, 6.45) is 5.18.